The van der Waals surface area contributed by atoms with Gasteiger partial charge in [-0.15, -0.1) is 0 Å². The van der Waals surface area contributed by atoms with Gasteiger partial charge in [0.2, 0.25) is 5.91 Å². The van der Waals surface area contributed by atoms with E-state index in [1.54, 1.807) is 0 Å². The van der Waals surface area contributed by atoms with Gasteiger partial charge in [-0.2, -0.15) is 0 Å². The zero-order valence-corrected chi connectivity index (χ0v) is 10.1. The summed E-state index contributed by atoms with van der Waals surface area (Å²) in [4.78, 5) is 15.7. The van der Waals surface area contributed by atoms with Crippen molar-refractivity contribution >= 4 is 5.91 Å². The maximum Gasteiger partial charge on any atom is 0.234 e. The summed E-state index contributed by atoms with van der Waals surface area (Å²) in [7, 11) is 0. The van der Waals surface area contributed by atoms with E-state index in [1.807, 2.05) is 39.0 Å². The van der Waals surface area contributed by atoms with E-state index in [0.29, 0.717) is 13.1 Å². The van der Waals surface area contributed by atoms with Gasteiger partial charge in [-0.3, -0.25) is 9.78 Å². The summed E-state index contributed by atoms with van der Waals surface area (Å²) in [6, 6.07) is 6.05. The minimum atomic E-state index is 0.0163. The largest absolute Gasteiger partial charge is 0.353 e. The molecule has 88 valence electrons. The Morgan fingerprint density at radius 1 is 1.44 bits per heavy atom. The van der Waals surface area contributed by atoms with Crippen molar-refractivity contribution < 1.29 is 4.79 Å². The molecule has 2 N–H and O–H groups in total. The van der Waals surface area contributed by atoms with Crippen LogP contribution in [0.15, 0.2) is 18.2 Å². The first kappa shape index (κ1) is 12.6. The highest BCUT2D eigenvalue weighted by molar-refractivity contribution is 5.78. The van der Waals surface area contributed by atoms with E-state index in [9.17, 15) is 4.79 Å². The third kappa shape index (κ3) is 4.89. The minimum Gasteiger partial charge on any atom is -0.353 e. The first-order chi connectivity index (χ1) is 7.58. The molecular formula is C12H19N3O. The van der Waals surface area contributed by atoms with Crippen molar-refractivity contribution in [1.82, 2.24) is 15.6 Å². The lowest BCUT2D eigenvalue weighted by Gasteiger charge is -2.09. The van der Waals surface area contributed by atoms with Crippen LogP contribution < -0.4 is 10.6 Å². The molecule has 4 nitrogen and oxygen atoms in total. The maximum absolute atomic E-state index is 11.3. The molecule has 0 saturated carbocycles. The monoisotopic (exact) mass is 221 g/mol. The number of rotatable bonds is 5. The predicted molar refractivity (Wildman–Crippen MR) is 64.0 cm³/mol. The Bertz CT molecular complexity index is 350. The number of carbonyl (C=O) groups excluding carboxylic acids is 1. The van der Waals surface area contributed by atoms with E-state index in [-0.39, 0.29) is 11.9 Å². The third-order valence-electron chi connectivity index (χ3n) is 1.99. The summed E-state index contributed by atoms with van der Waals surface area (Å²) < 4.78 is 0. The first-order valence-electron chi connectivity index (χ1n) is 5.50. The van der Waals surface area contributed by atoms with Crippen LogP contribution in [-0.4, -0.2) is 23.5 Å². The van der Waals surface area contributed by atoms with Crippen molar-refractivity contribution in [3.63, 3.8) is 0 Å². The molecule has 1 heterocycles. The summed E-state index contributed by atoms with van der Waals surface area (Å²) in [6.45, 7) is 6.79. The van der Waals surface area contributed by atoms with E-state index < -0.39 is 0 Å². The number of nitrogens with one attached hydrogen (secondary N) is 2. The standard InChI is InChI=1S/C12H19N3O/c1-9(2)14-12(16)8-13-7-11-6-4-5-10(3)15-11/h4-6,9,13H,7-8H2,1-3H3,(H,14,16). The SMILES string of the molecule is Cc1cccc(CNCC(=O)NC(C)C)n1. The predicted octanol–water partition coefficient (Wildman–Crippen LogP) is 1.00. The molecule has 1 rings (SSSR count). The Balaban J connectivity index is 2.28. The Kier molecular flexibility index (Phi) is 4.92. The second-order valence-corrected chi connectivity index (χ2v) is 4.10. The maximum atomic E-state index is 11.3. The molecule has 0 saturated heterocycles. The Labute approximate surface area is 96.5 Å². The molecule has 0 aromatic carbocycles. The van der Waals surface area contributed by atoms with Crippen LogP contribution in [0.2, 0.25) is 0 Å². The van der Waals surface area contributed by atoms with Crippen LogP contribution in [0.1, 0.15) is 25.2 Å². The molecule has 0 spiro atoms. The zero-order valence-electron chi connectivity index (χ0n) is 10.1. The van der Waals surface area contributed by atoms with Crippen LogP contribution in [0.25, 0.3) is 0 Å². The first-order valence-corrected chi connectivity index (χ1v) is 5.50. The average Bonchev–Trinajstić information content (AvgIpc) is 2.16. The lowest BCUT2D eigenvalue weighted by atomic mass is 10.3. The highest BCUT2D eigenvalue weighted by Gasteiger charge is 2.02. The van der Waals surface area contributed by atoms with E-state index in [4.69, 9.17) is 0 Å². The van der Waals surface area contributed by atoms with Gasteiger partial charge in [-0.25, -0.2) is 0 Å². The minimum absolute atomic E-state index is 0.0163. The van der Waals surface area contributed by atoms with E-state index in [2.05, 4.69) is 15.6 Å². The van der Waals surface area contributed by atoms with Gasteiger partial charge in [-0.1, -0.05) is 6.07 Å². The summed E-state index contributed by atoms with van der Waals surface area (Å²) in [6.07, 6.45) is 0. The number of hydrogen-bond donors (Lipinski definition) is 2. The van der Waals surface area contributed by atoms with Crippen molar-refractivity contribution in [2.24, 2.45) is 0 Å². The van der Waals surface area contributed by atoms with Gasteiger partial charge in [0.05, 0.1) is 12.2 Å². The lowest BCUT2D eigenvalue weighted by Crippen LogP contribution is -2.37. The summed E-state index contributed by atoms with van der Waals surface area (Å²) >= 11 is 0. The quantitative estimate of drug-likeness (QED) is 0.780. The fourth-order valence-electron chi connectivity index (χ4n) is 1.38. The number of nitrogens with zero attached hydrogens (tertiary/aromatic N) is 1. The van der Waals surface area contributed by atoms with Crippen LogP contribution >= 0.6 is 0 Å². The van der Waals surface area contributed by atoms with Gasteiger partial charge in [0.1, 0.15) is 0 Å². The fraction of sp³-hybridized carbons (Fsp3) is 0.500. The van der Waals surface area contributed by atoms with Crippen molar-refractivity contribution in [2.45, 2.75) is 33.4 Å². The molecule has 0 fully saturated rings. The topological polar surface area (TPSA) is 54.0 Å². The third-order valence-corrected chi connectivity index (χ3v) is 1.99. The van der Waals surface area contributed by atoms with Crippen LogP contribution in [0, 0.1) is 6.92 Å². The van der Waals surface area contributed by atoms with Gasteiger partial charge < -0.3 is 10.6 Å². The summed E-state index contributed by atoms with van der Waals surface area (Å²) in [5, 5.41) is 5.88. The van der Waals surface area contributed by atoms with Gasteiger partial charge in [-0.05, 0) is 32.9 Å². The molecule has 0 aliphatic rings. The molecule has 0 unspecified atom stereocenters. The van der Waals surface area contributed by atoms with Gasteiger partial charge in [0.15, 0.2) is 0 Å². The van der Waals surface area contributed by atoms with E-state index >= 15 is 0 Å². The number of amides is 1. The summed E-state index contributed by atoms with van der Waals surface area (Å²) in [5.41, 5.74) is 1.95. The van der Waals surface area contributed by atoms with Crippen molar-refractivity contribution in [3.8, 4) is 0 Å². The average molecular weight is 221 g/mol. The van der Waals surface area contributed by atoms with Gasteiger partial charge in [0, 0.05) is 18.3 Å². The van der Waals surface area contributed by atoms with Crippen molar-refractivity contribution in [3.05, 3.63) is 29.6 Å². The number of carbonyl (C=O) groups is 1. The smallest absolute Gasteiger partial charge is 0.234 e. The molecule has 0 radical (unpaired) electrons. The van der Waals surface area contributed by atoms with Crippen molar-refractivity contribution in [1.29, 1.82) is 0 Å². The Morgan fingerprint density at radius 3 is 2.81 bits per heavy atom. The second-order valence-electron chi connectivity index (χ2n) is 4.10. The van der Waals surface area contributed by atoms with Gasteiger partial charge >= 0.3 is 0 Å². The number of aromatic nitrogens is 1. The normalized spacial score (nSPS) is 10.5. The highest BCUT2D eigenvalue weighted by atomic mass is 16.1. The molecule has 1 aromatic heterocycles. The molecule has 1 aromatic rings. The van der Waals surface area contributed by atoms with Crippen LogP contribution in [0.3, 0.4) is 0 Å². The molecule has 16 heavy (non-hydrogen) atoms. The van der Waals surface area contributed by atoms with Crippen LogP contribution in [-0.2, 0) is 11.3 Å². The molecular weight excluding hydrogens is 202 g/mol. The van der Waals surface area contributed by atoms with E-state index in [1.165, 1.54) is 0 Å². The number of hydrogen-bond acceptors (Lipinski definition) is 3. The van der Waals surface area contributed by atoms with Crippen LogP contribution in [0.4, 0.5) is 0 Å². The Hall–Kier alpha value is -1.42. The fourth-order valence-corrected chi connectivity index (χ4v) is 1.38. The molecule has 4 heteroatoms. The van der Waals surface area contributed by atoms with Crippen molar-refractivity contribution in [2.75, 3.05) is 6.54 Å². The highest BCUT2D eigenvalue weighted by Crippen LogP contribution is 1.96. The Morgan fingerprint density at radius 2 is 2.19 bits per heavy atom. The second kappa shape index (κ2) is 6.23. The van der Waals surface area contributed by atoms with Gasteiger partial charge in [0.25, 0.3) is 0 Å². The molecule has 0 aliphatic carbocycles. The molecule has 0 atom stereocenters. The number of pyridine rings is 1. The molecule has 0 aliphatic heterocycles. The lowest BCUT2D eigenvalue weighted by molar-refractivity contribution is -0.120. The van der Waals surface area contributed by atoms with E-state index in [0.717, 1.165) is 11.4 Å². The van der Waals surface area contributed by atoms with Crippen LogP contribution in [0.5, 0.6) is 0 Å². The number of aryl methyl sites for hydroxylation is 1. The molecule has 1 amide bonds. The molecule has 0 bridgehead atoms. The summed E-state index contributed by atoms with van der Waals surface area (Å²) in [5.74, 6) is 0.0163. The zero-order chi connectivity index (χ0) is 12.0.